The number of nitrogens with one attached hydrogen (secondary N) is 1. The molecule has 1 unspecified atom stereocenters. The van der Waals surface area contributed by atoms with Gasteiger partial charge in [0.1, 0.15) is 9.84 Å². The fraction of sp³-hybridized carbons (Fsp3) is 0.417. The maximum absolute atomic E-state index is 11.3. The predicted molar refractivity (Wildman–Crippen MR) is 74.8 cm³/mol. The van der Waals surface area contributed by atoms with Gasteiger partial charge in [-0.15, -0.1) is 0 Å². The molecule has 1 heterocycles. The van der Waals surface area contributed by atoms with Crippen LogP contribution in [0, 0.1) is 0 Å². The van der Waals surface area contributed by atoms with Crippen LogP contribution in [-0.4, -0.2) is 26.3 Å². The molecular weight excluding hydrogens is 318 g/mol. The molecule has 0 spiro atoms. The van der Waals surface area contributed by atoms with E-state index in [2.05, 4.69) is 21.2 Å². The molecule has 0 saturated carbocycles. The fourth-order valence-electron chi connectivity index (χ4n) is 1.96. The molecule has 1 aliphatic heterocycles. The summed E-state index contributed by atoms with van der Waals surface area (Å²) in [6, 6.07) is 5.63. The monoisotopic (exact) mass is 331 g/mol. The van der Waals surface area contributed by atoms with E-state index in [0.29, 0.717) is 12.8 Å². The van der Waals surface area contributed by atoms with Crippen molar-refractivity contribution in [2.75, 3.05) is 17.3 Å². The van der Waals surface area contributed by atoms with Gasteiger partial charge in [-0.3, -0.25) is 4.79 Å². The van der Waals surface area contributed by atoms with Crippen LogP contribution in [-0.2, 0) is 21.1 Å². The summed E-state index contributed by atoms with van der Waals surface area (Å²) in [6.07, 6.45) is 2.41. The maximum atomic E-state index is 11.3. The summed E-state index contributed by atoms with van der Waals surface area (Å²) >= 11 is 3.39. The average molecular weight is 332 g/mol. The molecule has 0 fully saturated rings. The van der Waals surface area contributed by atoms with Gasteiger partial charge in [-0.05, 0) is 23.6 Å². The largest absolute Gasteiger partial charge is 0.326 e. The van der Waals surface area contributed by atoms with Crippen molar-refractivity contribution in [2.24, 2.45) is 0 Å². The molecular formula is C12H14BrNO3S. The first-order valence-electron chi connectivity index (χ1n) is 5.59. The van der Waals surface area contributed by atoms with Crippen LogP contribution in [0.5, 0.6) is 0 Å². The zero-order valence-electron chi connectivity index (χ0n) is 9.94. The summed E-state index contributed by atoms with van der Waals surface area (Å²) in [5.74, 6) is 0.0970. The maximum Gasteiger partial charge on any atom is 0.224 e. The highest BCUT2D eigenvalue weighted by molar-refractivity contribution is 9.09. The smallest absolute Gasteiger partial charge is 0.224 e. The van der Waals surface area contributed by atoms with Gasteiger partial charge in [0.2, 0.25) is 5.91 Å². The SMILES string of the molecule is CS(=O)(=O)CC(Br)c1ccc2c(c1)CCC(=O)N2. The summed E-state index contributed by atoms with van der Waals surface area (Å²) in [5.41, 5.74) is 2.81. The molecule has 0 aliphatic carbocycles. The number of anilines is 1. The number of aryl methyl sites for hydroxylation is 1. The van der Waals surface area contributed by atoms with Gasteiger partial charge < -0.3 is 5.32 Å². The van der Waals surface area contributed by atoms with Gasteiger partial charge in [-0.25, -0.2) is 8.42 Å². The van der Waals surface area contributed by atoms with Crippen LogP contribution < -0.4 is 5.32 Å². The number of alkyl halides is 1. The van der Waals surface area contributed by atoms with Crippen molar-refractivity contribution >= 4 is 37.4 Å². The molecule has 1 amide bonds. The molecule has 1 N–H and O–H groups in total. The van der Waals surface area contributed by atoms with Crippen LogP contribution in [0.4, 0.5) is 5.69 Å². The van der Waals surface area contributed by atoms with Crippen molar-refractivity contribution in [3.8, 4) is 0 Å². The number of sulfone groups is 1. The summed E-state index contributed by atoms with van der Waals surface area (Å²) in [5, 5.41) is 2.80. The number of hydrogen-bond acceptors (Lipinski definition) is 3. The Morgan fingerprint density at radius 2 is 2.11 bits per heavy atom. The molecule has 1 aromatic carbocycles. The van der Waals surface area contributed by atoms with Gasteiger partial charge >= 0.3 is 0 Å². The number of halogens is 1. The first-order chi connectivity index (χ1) is 8.35. The van der Waals surface area contributed by atoms with E-state index in [4.69, 9.17) is 0 Å². The number of benzene rings is 1. The second-order valence-electron chi connectivity index (χ2n) is 4.52. The standard InChI is InChI=1S/C12H14BrNO3S/c1-18(16,17)7-10(13)8-2-4-11-9(6-8)3-5-12(15)14-11/h2,4,6,10H,3,5,7H2,1H3,(H,14,15). The minimum atomic E-state index is -3.02. The average Bonchev–Trinajstić information content (AvgIpc) is 2.26. The second-order valence-corrected chi connectivity index (χ2v) is 7.81. The lowest BCUT2D eigenvalue weighted by Gasteiger charge is -2.19. The van der Waals surface area contributed by atoms with Crippen LogP contribution in [0.2, 0.25) is 0 Å². The summed E-state index contributed by atoms with van der Waals surface area (Å²) in [4.78, 5) is 11.0. The molecule has 0 aromatic heterocycles. The van der Waals surface area contributed by atoms with Gasteiger partial charge in [0.15, 0.2) is 0 Å². The van der Waals surface area contributed by atoms with Gasteiger partial charge in [0.05, 0.1) is 10.6 Å². The predicted octanol–water partition coefficient (Wildman–Crippen LogP) is 2.05. The molecule has 0 bridgehead atoms. The highest BCUT2D eigenvalue weighted by Gasteiger charge is 2.18. The Morgan fingerprint density at radius 3 is 2.78 bits per heavy atom. The molecule has 98 valence electrons. The highest BCUT2D eigenvalue weighted by Crippen LogP contribution is 2.30. The first-order valence-corrected chi connectivity index (χ1v) is 8.57. The number of carbonyl (C=O) groups excluding carboxylic acids is 1. The quantitative estimate of drug-likeness (QED) is 0.862. The van der Waals surface area contributed by atoms with Gasteiger partial charge in [0.25, 0.3) is 0 Å². The van der Waals surface area contributed by atoms with Gasteiger partial charge in [-0.1, -0.05) is 28.1 Å². The molecule has 1 aromatic rings. The lowest BCUT2D eigenvalue weighted by molar-refractivity contribution is -0.116. The zero-order valence-corrected chi connectivity index (χ0v) is 12.3. The Kier molecular flexibility index (Phi) is 3.77. The Balaban J connectivity index is 2.24. The van der Waals surface area contributed by atoms with E-state index in [0.717, 1.165) is 16.8 Å². The fourth-order valence-corrected chi connectivity index (χ4v) is 4.41. The van der Waals surface area contributed by atoms with E-state index in [1.165, 1.54) is 6.26 Å². The summed E-state index contributed by atoms with van der Waals surface area (Å²) in [7, 11) is -3.02. The van der Waals surface area contributed by atoms with E-state index in [1.807, 2.05) is 18.2 Å². The number of rotatable bonds is 3. The number of amides is 1. The molecule has 4 nitrogen and oxygen atoms in total. The number of fused-ring (bicyclic) bond motifs is 1. The minimum Gasteiger partial charge on any atom is -0.326 e. The van der Waals surface area contributed by atoms with E-state index >= 15 is 0 Å². The lowest BCUT2D eigenvalue weighted by Crippen LogP contribution is -2.19. The molecule has 0 saturated heterocycles. The minimum absolute atomic E-state index is 0.0294. The molecule has 1 aliphatic rings. The summed E-state index contributed by atoms with van der Waals surface area (Å²) < 4.78 is 22.5. The van der Waals surface area contributed by atoms with E-state index in [9.17, 15) is 13.2 Å². The first kappa shape index (κ1) is 13.5. The Labute approximate surface area is 115 Å². The zero-order chi connectivity index (χ0) is 13.3. The Hall–Kier alpha value is -0.880. The highest BCUT2D eigenvalue weighted by atomic mass is 79.9. The van der Waals surface area contributed by atoms with Crippen LogP contribution in [0.25, 0.3) is 0 Å². The summed E-state index contributed by atoms with van der Waals surface area (Å²) in [6.45, 7) is 0. The lowest BCUT2D eigenvalue weighted by atomic mass is 9.99. The Morgan fingerprint density at radius 1 is 1.39 bits per heavy atom. The van der Waals surface area contributed by atoms with E-state index in [1.54, 1.807) is 0 Å². The third-order valence-electron chi connectivity index (χ3n) is 2.84. The molecule has 6 heteroatoms. The van der Waals surface area contributed by atoms with Crippen molar-refractivity contribution in [1.29, 1.82) is 0 Å². The molecule has 1 atom stereocenters. The normalized spacial score (nSPS) is 16.9. The number of hydrogen-bond donors (Lipinski definition) is 1. The third-order valence-corrected chi connectivity index (χ3v) is 5.06. The van der Waals surface area contributed by atoms with Crippen molar-refractivity contribution in [3.05, 3.63) is 29.3 Å². The van der Waals surface area contributed by atoms with Gasteiger partial charge in [-0.2, -0.15) is 0 Å². The van der Waals surface area contributed by atoms with Gasteiger partial charge in [0, 0.05) is 18.4 Å². The van der Waals surface area contributed by atoms with Crippen LogP contribution in [0.1, 0.15) is 22.4 Å². The van der Waals surface area contributed by atoms with Crippen LogP contribution in [0.15, 0.2) is 18.2 Å². The second kappa shape index (κ2) is 5.01. The van der Waals surface area contributed by atoms with Crippen molar-refractivity contribution in [1.82, 2.24) is 0 Å². The van der Waals surface area contributed by atoms with Crippen LogP contribution in [0.3, 0.4) is 0 Å². The van der Waals surface area contributed by atoms with Crippen molar-refractivity contribution in [2.45, 2.75) is 17.7 Å². The van der Waals surface area contributed by atoms with E-state index in [-0.39, 0.29) is 16.5 Å². The topological polar surface area (TPSA) is 63.2 Å². The van der Waals surface area contributed by atoms with Crippen LogP contribution >= 0.6 is 15.9 Å². The van der Waals surface area contributed by atoms with Crippen molar-refractivity contribution < 1.29 is 13.2 Å². The molecule has 0 radical (unpaired) electrons. The Bertz CT molecular complexity index is 583. The molecule has 18 heavy (non-hydrogen) atoms. The number of carbonyl (C=O) groups is 1. The molecule has 2 rings (SSSR count). The van der Waals surface area contributed by atoms with E-state index < -0.39 is 9.84 Å². The third kappa shape index (κ3) is 3.32. The van der Waals surface area contributed by atoms with Crippen molar-refractivity contribution in [3.63, 3.8) is 0 Å².